The van der Waals surface area contributed by atoms with Gasteiger partial charge in [-0.25, -0.2) is 0 Å². The lowest BCUT2D eigenvalue weighted by Crippen LogP contribution is -2.21. The largest absolute Gasteiger partial charge is 0.496 e. The van der Waals surface area contributed by atoms with E-state index in [4.69, 9.17) is 4.74 Å². The molecule has 0 spiro atoms. The maximum Gasteiger partial charge on any atom is 0.306 e. The summed E-state index contributed by atoms with van der Waals surface area (Å²) < 4.78 is 10.0. The SMILES string of the molecule is COC(=O)CCNCCc1cc(C)cc(C)c1OC. The number of methoxy groups -OCH3 is 2. The Morgan fingerprint density at radius 1 is 1.21 bits per heavy atom. The number of ether oxygens (including phenoxy) is 2. The summed E-state index contributed by atoms with van der Waals surface area (Å²) in [5, 5.41) is 3.23. The number of esters is 1. The van der Waals surface area contributed by atoms with Gasteiger partial charge in [-0.1, -0.05) is 17.7 Å². The van der Waals surface area contributed by atoms with Crippen molar-refractivity contribution in [2.24, 2.45) is 0 Å². The van der Waals surface area contributed by atoms with E-state index in [0.29, 0.717) is 13.0 Å². The normalized spacial score (nSPS) is 10.3. The third-order valence-corrected chi connectivity index (χ3v) is 3.00. The average molecular weight is 265 g/mol. The van der Waals surface area contributed by atoms with Crippen LogP contribution in [0.1, 0.15) is 23.1 Å². The summed E-state index contributed by atoms with van der Waals surface area (Å²) in [6, 6.07) is 4.26. The number of rotatable bonds is 7. The number of aryl methyl sites for hydroxylation is 2. The van der Waals surface area contributed by atoms with Gasteiger partial charge in [0.1, 0.15) is 5.75 Å². The van der Waals surface area contributed by atoms with E-state index in [1.54, 1.807) is 7.11 Å². The molecule has 0 aliphatic heterocycles. The fourth-order valence-corrected chi connectivity index (χ4v) is 2.16. The molecule has 0 heterocycles. The predicted molar refractivity (Wildman–Crippen MR) is 75.7 cm³/mol. The Balaban J connectivity index is 2.47. The van der Waals surface area contributed by atoms with Crippen molar-refractivity contribution in [3.8, 4) is 5.75 Å². The topological polar surface area (TPSA) is 47.6 Å². The average Bonchev–Trinajstić information content (AvgIpc) is 2.37. The fraction of sp³-hybridized carbons (Fsp3) is 0.533. The number of hydrogen-bond donors (Lipinski definition) is 1. The van der Waals surface area contributed by atoms with E-state index in [0.717, 1.165) is 24.3 Å². The van der Waals surface area contributed by atoms with Crippen LogP contribution in [0.4, 0.5) is 0 Å². The van der Waals surface area contributed by atoms with Crippen LogP contribution in [0, 0.1) is 13.8 Å². The zero-order valence-corrected chi connectivity index (χ0v) is 12.2. The summed E-state index contributed by atoms with van der Waals surface area (Å²) in [6.07, 6.45) is 1.29. The Labute approximate surface area is 115 Å². The first-order valence-electron chi connectivity index (χ1n) is 6.50. The summed E-state index contributed by atoms with van der Waals surface area (Å²) >= 11 is 0. The molecule has 0 saturated carbocycles. The van der Waals surface area contributed by atoms with Crippen molar-refractivity contribution in [2.45, 2.75) is 26.7 Å². The highest BCUT2D eigenvalue weighted by Gasteiger charge is 2.07. The van der Waals surface area contributed by atoms with Gasteiger partial charge in [0.05, 0.1) is 20.6 Å². The molecule has 0 atom stereocenters. The Kier molecular flexibility index (Phi) is 6.36. The lowest BCUT2D eigenvalue weighted by atomic mass is 10.0. The van der Waals surface area contributed by atoms with Gasteiger partial charge in [-0.2, -0.15) is 0 Å². The molecule has 106 valence electrons. The van der Waals surface area contributed by atoms with Crippen LogP contribution in [-0.4, -0.2) is 33.3 Å². The quantitative estimate of drug-likeness (QED) is 0.605. The second kappa shape index (κ2) is 7.79. The van der Waals surface area contributed by atoms with Crippen molar-refractivity contribution in [1.82, 2.24) is 5.32 Å². The number of benzene rings is 1. The van der Waals surface area contributed by atoms with Gasteiger partial charge in [-0.15, -0.1) is 0 Å². The summed E-state index contributed by atoms with van der Waals surface area (Å²) in [5.74, 6) is 0.775. The van der Waals surface area contributed by atoms with Crippen molar-refractivity contribution in [1.29, 1.82) is 0 Å². The zero-order valence-electron chi connectivity index (χ0n) is 12.2. The van der Waals surface area contributed by atoms with Crippen LogP contribution >= 0.6 is 0 Å². The summed E-state index contributed by atoms with van der Waals surface area (Å²) in [5.41, 5.74) is 3.60. The molecule has 0 amide bonds. The van der Waals surface area contributed by atoms with E-state index in [1.165, 1.54) is 18.2 Å². The maximum absolute atomic E-state index is 11.0. The molecule has 0 radical (unpaired) electrons. The van der Waals surface area contributed by atoms with Crippen LogP contribution in [0.15, 0.2) is 12.1 Å². The van der Waals surface area contributed by atoms with Crippen LogP contribution in [0.2, 0.25) is 0 Å². The second-order valence-corrected chi connectivity index (χ2v) is 4.60. The molecule has 0 unspecified atom stereocenters. The number of carbonyl (C=O) groups excluding carboxylic acids is 1. The summed E-state index contributed by atoms with van der Waals surface area (Å²) in [7, 11) is 3.11. The minimum atomic E-state index is -0.184. The highest BCUT2D eigenvalue weighted by Crippen LogP contribution is 2.25. The van der Waals surface area contributed by atoms with E-state index in [9.17, 15) is 4.79 Å². The van der Waals surface area contributed by atoms with Gasteiger partial charge in [0, 0.05) is 6.54 Å². The molecule has 1 aromatic carbocycles. The summed E-state index contributed by atoms with van der Waals surface area (Å²) in [4.78, 5) is 11.0. The molecule has 0 bridgehead atoms. The molecular weight excluding hydrogens is 242 g/mol. The molecule has 1 aromatic rings. The molecule has 4 heteroatoms. The molecule has 0 aliphatic carbocycles. The molecule has 0 saturated heterocycles. The van der Waals surface area contributed by atoms with E-state index in [2.05, 4.69) is 36.0 Å². The second-order valence-electron chi connectivity index (χ2n) is 4.60. The van der Waals surface area contributed by atoms with Gasteiger partial charge in [0.2, 0.25) is 0 Å². The van der Waals surface area contributed by atoms with Crippen LogP contribution in [0.5, 0.6) is 5.75 Å². The molecule has 0 aromatic heterocycles. The van der Waals surface area contributed by atoms with Gasteiger partial charge < -0.3 is 14.8 Å². The van der Waals surface area contributed by atoms with Crippen LogP contribution in [-0.2, 0) is 16.0 Å². The Morgan fingerprint density at radius 3 is 2.58 bits per heavy atom. The lowest BCUT2D eigenvalue weighted by Gasteiger charge is -2.13. The van der Waals surface area contributed by atoms with Crippen LogP contribution < -0.4 is 10.1 Å². The molecule has 1 rings (SSSR count). The van der Waals surface area contributed by atoms with E-state index >= 15 is 0 Å². The smallest absolute Gasteiger partial charge is 0.306 e. The third-order valence-electron chi connectivity index (χ3n) is 3.00. The fourth-order valence-electron chi connectivity index (χ4n) is 2.16. The van der Waals surface area contributed by atoms with Gasteiger partial charge in [-0.05, 0) is 37.9 Å². The van der Waals surface area contributed by atoms with Gasteiger partial charge in [0.15, 0.2) is 0 Å². The third kappa shape index (κ3) is 4.91. The number of hydrogen-bond acceptors (Lipinski definition) is 4. The molecule has 4 nitrogen and oxygen atoms in total. The molecule has 1 N–H and O–H groups in total. The molecule has 0 fully saturated rings. The number of nitrogens with one attached hydrogen (secondary N) is 1. The molecule has 0 aliphatic rings. The van der Waals surface area contributed by atoms with Crippen molar-refractivity contribution in [2.75, 3.05) is 27.3 Å². The minimum absolute atomic E-state index is 0.184. The van der Waals surface area contributed by atoms with Crippen molar-refractivity contribution in [3.05, 3.63) is 28.8 Å². The van der Waals surface area contributed by atoms with E-state index < -0.39 is 0 Å². The molecular formula is C15H23NO3. The Hall–Kier alpha value is -1.55. The van der Waals surface area contributed by atoms with Gasteiger partial charge in [-0.3, -0.25) is 4.79 Å². The predicted octanol–water partition coefficient (Wildman–Crippen LogP) is 2.01. The van der Waals surface area contributed by atoms with Crippen LogP contribution in [0.3, 0.4) is 0 Å². The van der Waals surface area contributed by atoms with Crippen molar-refractivity contribution < 1.29 is 14.3 Å². The Bertz CT molecular complexity index is 430. The van der Waals surface area contributed by atoms with Crippen molar-refractivity contribution in [3.63, 3.8) is 0 Å². The highest BCUT2D eigenvalue weighted by molar-refractivity contribution is 5.69. The Morgan fingerprint density at radius 2 is 1.95 bits per heavy atom. The maximum atomic E-state index is 11.0. The van der Waals surface area contributed by atoms with E-state index in [-0.39, 0.29) is 5.97 Å². The zero-order chi connectivity index (χ0) is 14.3. The summed E-state index contributed by atoms with van der Waals surface area (Å²) in [6.45, 7) is 5.59. The van der Waals surface area contributed by atoms with Gasteiger partial charge >= 0.3 is 5.97 Å². The first-order chi connectivity index (χ1) is 9.08. The monoisotopic (exact) mass is 265 g/mol. The minimum Gasteiger partial charge on any atom is -0.496 e. The van der Waals surface area contributed by atoms with Crippen LogP contribution in [0.25, 0.3) is 0 Å². The van der Waals surface area contributed by atoms with E-state index in [1.807, 2.05) is 0 Å². The highest BCUT2D eigenvalue weighted by atomic mass is 16.5. The van der Waals surface area contributed by atoms with Gasteiger partial charge in [0.25, 0.3) is 0 Å². The van der Waals surface area contributed by atoms with Crippen molar-refractivity contribution >= 4 is 5.97 Å². The first-order valence-corrected chi connectivity index (χ1v) is 6.50. The standard InChI is InChI=1S/C15H23NO3/c1-11-9-12(2)15(19-4)13(10-11)5-7-16-8-6-14(17)18-3/h9-10,16H,5-8H2,1-4H3. The molecule has 19 heavy (non-hydrogen) atoms. The lowest BCUT2D eigenvalue weighted by molar-refractivity contribution is -0.140. The number of carbonyl (C=O) groups is 1. The first kappa shape index (κ1) is 15.5.